The van der Waals surface area contributed by atoms with Gasteiger partial charge in [-0.25, -0.2) is 4.79 Å². The maximum atomic E-state index is 12.1. The maximum absolute atomic E-state index is 12.1. The van der Waals surface area contributed by atoms with Crippen molar-refractivity contribution in [3.8, 4) is 11.5 Å². The van der Waals surface area contributed by atoms with E-state index >= 15 is 0 Å². The van der Waals surface area contributed by atoms with Crippen LogP contribution in [0.25, 0.3) is 6.08 Å². The number of methoxy groups -OCH3 is 2. The molecule has 0 saturated carbocycles. The minimum Gasteiger partial charge on any atom is -0.497 e. The quantitative estimate of drug-likeness (QED) is 0.542. The van der Waals surface area contributed by atoms with Crippen LogP contribution in [0.3, 0.4) is 0 Å². The van der Waals surface area contributed by atoms with Crippen LogP contribution in [0.15, 0.2) is 42.5 Å². The van der Waals surface area contributed by atoms with Crippen LogP contribution < -0.4 is 14.8 Å². The molecule has 6 nitrogen and oxygen atoms in total. The summed E-state index contributed by atoms with van der Waals surface area (Å²) in [5.41, 5.74) is 4.05. The van der Waals surface area contributed by atoms with E-state index in [1.165, 1.54) is 18.7 Å². The van der Waals surface area contributed by atoms with Crippen molar-refractivity contribution in [1.29, 1.82) is 0 Å². The van der Waals surface area contributed by atoms with Gasteiger partial charge in [-0.15, -0.1) is 0 Å². The molecule has 0 spiro atoms. The zero-order valence-electron chi connectivity index (χ0n) is 17.4. The molecule has 0 bridgehead atoms. The molecule has 6 heteroatoms. The number of benzene rings is 2. The third-order valence-corrected chi connectivity index (χ3v) is 4.59. The average molecular weight is 397 g/mol. The lowest BCUT2D eigenvalue weighted by Crippen LogP contribution is -2.31. The van der Waals surface area contributed by atoms with Crippen LogP contribution in [0.5, 0.6) is 11.5 Å². The number of aryl methyl sites for hydroxylation is 2. The molecule has 0 heterocycles. The van der Waals surface area contributed by atoms with Crippen LogP contribution in [0, 0.1) is 13.8 Å². The molecule has 2 aromatic carbocycles. The lowest BCUT2D eigenvalue weighted by Gasteiger charge is -2.15. The van der Waals surface area contributed by atoms with Crippen LogP contribution >= 0.6 is 0 Å². The van der Waals surface area contributed by atoms with Crippen LogP contribution in [0.4, 0.5) is 0 Å². The summed E-state index contributed by atoms with van der Waals surface area (Å²) in [6.45, 7) is 5.61. The number of nitrogens with one attached hydrogen (secondary N) is 1. The summed E-state index contributed by atoms with van der Waals surface area (Å²) in [7, 11) is 3.10. The van der Waals surface area contributed by atoms with Crippen LogP contribution in [0.2, 0.25) is 0 Å². The molecule has 0 aliphatic heterocycles. The van der Waals surface area contributed by atoms with Crippen molar-refractivity contribution in [1.82, 2.24) is 5.32 Å². The maximum Gasteiger partial charge on any atom is 0.331 e. The van der Waals surface area contributed by atoms with E-state index in [9.17, 15) is 9.59 Å². The Bertz CT molecular complexity index is 904. The Morgan fingerprint density at radius 2 is 1.79 bits per heavy atom. The van der Waals surface area contributed by atoms with E-state index in [2.05, 4.69) is 5.32 Å². The molecule has 0 radical (unpaired) electrons. The summed E-state index contributed by atoms with van der Waals surface area (Å²) in [6.07, 6.45) is 2.82. The third kappa shape index (κ3) is 6.38. The van der Waals surface area contributed by atoms with Crippen molar-refractivity contribution in [2.24, 2.45) is 0 Å². The molecule has 0 aromatic heterocycles. The first-order valence-corrected chi connectivity index (χ1v) is 9.27. The fraction of sp³-hybridized carbons (Fsp3) is 0.304. The standard InChI is InChI=1S/C23H27NO5/c1-15-6-7-19(12-16(15)2)17(3)24-22(25)14-29-23(26)11-9-18-8-10-20(27-4)13-21(18)28-5/h6-13,17H,14H2,1-5H3,(H,24,25)/b11-9+/t17-/m1/s1. The van der Waals surface area contributed by atoms with Crippen molar-refractivity contribution < 1.29 is 23.8 Å². The number of carbonyl (C=O) groups is 2. The van der Waals surface area contributed by atoms with Gasteiger partial charge in [-0.05, 0) is 55.7 Å². The summed E-state index contributed by atoms with van der Waals surface area (Å²) < 4.78 is 15.4. The first kappa shape index (κ1) is 22.0. The van der Waals surface area contributed by atoms with E-state index in [0.717, 1.165) is 11.1 Å². The van der Waals surface area contributed by atoms with Gasteiger partial charge in [0.1, 0.15) is 11.5 Å². The Hall–Kier alpha value is -3.28. The van der Waals surface area contributed by atoms with E-state index < -0.39 is 5.97 Å². The number of amides is 1. The molecule has 0 unspecified atom stereocenters. The number of esters is 1. The van der Waals surface area contributed by atoms with E-state index in [0.29, 0.717) is 17.1 Å². The lowest BCUT2D eigenvalue weighted by atomic mass is 10.0. The third-order valence-electron chi connectivity index (χ3n) is 4.59. The minimum absolute atomic E-state index is 0.181. The molecule has 0 aliphatic carbocycles. The Morgan fingerprint density at radius 3 is 2.45 bits per heavy atom. The van der Waals surface area contributed by atoms with Crippen LogP contribution in [-0.2, 0) is 14.3 Å². The minimum atomic E-state index is -0.614. The van der Waals surface area contributed by atoms with Crippen LogP contribution in [-0.4, -0.2) is 32.7 Å². The van der Waals surface area contributed by atoms with Crippen molar-refractivity contribution in [2.45, 2.75) is 26.8 Å². The molecule has 1 atom stereocenters. The molecular weight excluding hydrogens is 370 g/mol. The van der Waals surface area contributed by atoms with Gasteiger partial charge in [0, 0.05) is 17.7 Å². The first-order chi connectivity index (χ1) is 13.8. The van der Waals surface area contributed by atoms with Gasteiger partial charge in [-0.2, -0.15) is 0 Å². The van der Waals surface area contributed by atoms with Gasteiger partial charge in [-0.3, -0.25) is 4.79 Å². The number of ether oxygens (including phenoxy) is 3. The summed E-state index contributed by atoms with van der Waals surface area (Å²) in [4.78, 5) is 24.0. The fourth-order valence-corrected chi connectivity index (χ4v) is 2.70. The number of rotatable bonds is 8. The van der Waals surface area contributed by atoms with Gasteiger partial charge < -0.3 is 19.5 Å². The van der Waals surface area contributed by atoms with E-state index in [1.54, 1.807) is 31.4 Å². The van der Waals surface area contributed by atoms with Crippen LogP contribution in [0.1, 0.15) is 35.2 Å². The molecule has 0 fully saturated rings. The van der Waals surface area contributed by atoms with E-state index in [4.69, 9.17) is 14.2 Å². The van der Waals surface area contributed by atoms with E-state index in [-0.39, 0.29) is 18.6 Å². The molecule has 0 aliphatic rings. The summed E-state index contributed by atoms with van der Waals surface area (Å²) in [6, 6.07) is 11.1. The smallest absolute Gasteiger partial charge is 0.331 e. The Balaban J connectivity index is 1.87. The zero-order valence-corrected chi connectivity index (χ0v) is 17.4. The SMILES string of the molecule is COc1ccc(/C=C/C(=O)OCC(=O)N[C@H](C)c2ccc(C)c(C)c2)c(OC)c1. The van der Waals surface area contributed by atoms with E-state index in [1.807, 2.05) is 39.0 Å². The molecule has 0 saturated heterocycles. The molecule has 2 rings (SSSR count). The summed E-state index contributed by atoms with van der Waals surface area (Å²) in [5, 5.41) is 2.83. The van der Waals surface area contributed by atoms with Gasteiger partial charge in [0.25, 0.3) is 5.91 Å². The van der Waals surface area contributed by atoms with Crippen molar-refractivity contribution in [3.05, 3.63) is 64.7 Å². The Morgan fingerprint density at radius 1 is 1.03 bits per heavy atom. The second-order valence-corrected chi connectivity index (χ2v) is 6.68. The van der Waals surface area contributed by atoms with Gasteiger partial charge >= 0.3 is 5.97 Å². The monoisotopic (exact) mass is 397 g/mol. The fourth-order valence-electron chi connectivity index (χ4n) is 2.70. The number of hydrogen-bond donors (Lipinski definition) is 1. The highest BCUT2D eigenvalue weighted by Gasteiger charge is 2.12. The molecule has 154 valence electrons. The normalized spacial score (nSPS) is 11.8. The highest BCUT2D eigenvalue weighted by atomic mass is 16.5. The van der Waals surface area contributed by atoms with Gasteiger partial charge in [-0.1, -0.05) is 18.2 Å². The van der Waals surface area contributed by atoms with Gasteiger partial charge in [0.15, 0.2) is 6.61 Å². The predicted octanol–water partition coefficient (Wildman–Crippen LogP) is 3.75. The second-order valence-electron chi connectivity index (χ2n) is 6.68. The molecule has 2 aromatic rings. The highest BCUT2D eigenvalue weighted by molar-refractivity contribution is 5.89. The Kier molecular flexibility index (Phi) is 7.83. The van der Waals surface area contributed by atoms with Crippen molar-refractivity contribution in [3.63, 3.8) is 0 Å². The summed E-state index contributed by atoms with van der Waals surface area (Å²) in [5.74, 6) is 0.237. The summed E-state index contributed by atoms with van der Waals surface area (Å²) >= 11 is 0. The average Bonchev–Trinajstić information content (AvgIpc) is 2.72. The van der Waals surface area contributed by atoms with Crippen molar-refractivity contribution >= 4 is 18.0 Å². The Labute approximate surface area is 171 Å². The zero-order chi connectivity index (χ0) is 21.4. The molecular formula is C23H27NO5. The molecule has 29 heavy (non-hydrogen) atoms. The number of carbonyl (C=O) groups excluding carboxylic acids is 2. The van der Waals surface area contributed by atoms with Gasteiger partial charge in [0.2, 0.25) is 0 Å². The lowest BCUT2D eigenvalue weighted by molar-refractivity contribution is -0.144. The topological polar surface area (TPSA) is 73.9 Å². The van der Waals surface area contributed by atoms with Crippen molar-refractivity contribution in [2.75, 3.05) is 20.8 Å². The number of hydrogen-bond acceptors (Lipinski definition) is 5. The predicted molar refractivity (Wildman–Crippen MR) is 112 cm³/mol. The first-order valence-electron chi connectivity index (χ1n) is 9.27. The second kappa shape index (κ2) is 10.3. The highest BCUT2D eigenvalue weighted by Crippen LogP contribution is 2.25. The molecule has 1 amide bonds. The largest absolute Gasteiger partial charge is 0.497 e. The molecule has 1 N–H and O–H groups in total. The van der Waals surface area contributed by atoms with Gasteiger partial charge in [0.05, 0.1) is 20.3 Å².